The second-order valence-corrected chi connectivity index (χ2v) is 6.71. The number of carbonyl (C=O) groups excluding carboxylic acids is 1. The van der Waals surface area contributed by atoms with Crippen LogP contribution >= 0.6 is 0 Å². The van der Waals surface area contributed by atoms with Crippen molar-refractivity contribution in [2.75, 3.05) is 31.1 Å². The fraction of sp³-hybridized carbons (Fsp3) is 0.529. The van der Waals surface area contributed by atoms with Gasteiger partial charge in [0, 0.05) is 45.3 Å². The standard InChI is InChI=1S/C17H21FN6O/c1-22-11-13(16(21-22)12-3-2-4-12)17(25)24-7-5-23(6-8-24)15-10-19-14(18)9-20-15/h9-12H,2-8H2,1H3. The van der Waals surface area contributed by atoms with E-state index in [1.807, 2.05) is 23.0 Å². The highest BCUT2D eigenvalue weighted by molar-refractivity contribution is 5.95. The maximum Gasteiger partial charge on any atom is 0.257 e. The molecule has 0 N–H and O–H groups in total. The molecule has 1 amide bonds. The number of anilines is 1. The molecule has 2 fully saturated rings. The molecule has 1 saturated carbocycles. The number of piperazine rings is 1. The molecule has 0 spiro atoms. The lowest BCUT2D eigenvalue weighted by molar-refractivity contribution is 0.0744. The summed E-state index contributed by atoms with van der Waals surface area (Å²) in [5.74, 6) is 0.540. The van der Waals surface area contributed by atoms with Crippen molar-refractivity contribution in [1.82, 2.24) is 24.6 Å². The van der Waals surface area contributed by atoms with Crippen LogP contribution in [0.4, 0.5) is 10.2 Å². The summed E-state index contributed by atoms with van der Waals surface area (Å²) in [5.41, 5.74) is 1.69. The summed E-state index contributed by atoms with van der Waals surface area (Å²) in [6.45, 7) is 2.53. The van der Waals surface area contributed by atoms with Crippen LogP contribution in [0.1, 0.15) is 41.2 Å². The van der Waals surface area contributed by atoms with Gasteiger partial charge in [-0.05, 0) is 12.8 Å². The molecule has 0 atom stereocenters. The van der Waals surface area contributed by atoms with E-state index in [0.717, 1.165) is 30.3 Å². The maximum absolute atomic E-state index is 12.9. The number of hydrogen-bond donors (Lipinski definition) is 0. The van der Waals surface area contributed by atoms with Crippen molar-refractivity contribution in [2.45, 2.75) is 25.2 Å². The van der Waals surface area contributed by atoms with Gasteiger partial charge in [-0.1, -0.05) is 6.42 Å². The molecular weight excluding hydrogens is 323 g/mol. The maximum atomic E-state index is 12.9. The average Bonchev–Trinajstić information content (AvgIpc) is 2.95. The smallest absolute Gasteiger partial charge is 0.257 e. The third-order valence-corrected chi connectivity index (χ3v) is 5.08. The Morgan fingerprint density at radius 3 is 2.52 bits per heavy atom. The third-order valence-electron chi connectivity index (χ3n) is 5.08. The van der Waals surface area contributed by atoms with Crippen molar-refractivity contribution in [2.24, 2.45) is 7.05 Å². The van der Waals surface area contributed by atoms with Gasteiger partial charge in [0.1, 0.15) is 5.82 Å². The second kappa shape index (κ2) is 6.42. The van der Waals surface area contributed by atoms with Crippen molar-refractivity contribution >= 4 is 11.7 Å². The molecule has 0 radical (unpaired) electrons. The third kappa shape index (κ3) is 3.08. The molecular formula is C17H21FN6O. The van der Waals surface area contributed by atoms with Crippen LogP contribution < -0.4 is 4.90 Å². The molecule has 7 nitrogen and oxygen atoms in total. The highest BCUT2D eigenvalue weighted by Gasteiger charge is 2.31. The fourth-order valence-corrected chi connectivity index (χ4v) is 3.43. The van der Waals surface area contributed by atoms with E-state index in [4.69, 9.17) is 0 Å². The minimum atomic E-state index is -0.585. The molecule has 0 bridgehead atoms. The number of hydrogen-bond acceptors (Lipinski definition) is 5. The van der Waals surface area contributed by atoms with Crippen LogP contribution in [0.15, 0.2) is 18.6 Å². The highest BCUT2D eigenvalue weighted by atomic mass is 19.1. The molecule has 4 rings (SSSR count). The molecule has 3 heterocycles. The van der Waals surface area contributed by atoms with Crippen LogP contribution in [0.3, 0.4) is 0 Å². The van der Waals surface area contributed by atoms with Crippen LogP contribution in [0, 0.1) is 5.95 Å². The Kier molecular flexibility index (Phi) is 4.10. The van der Waals surface area contributed by atoms with Gasteiger partial charge in [-0.25, -0.2) is 9.97 Å². The zero-order valence-electron chi connectivity index (χ0n) is 14.2. The normalized spacial score (nSPS) is 18.3. The van der Waals surface area contributed by atoms with Gasteiger partial charge in [-0.15, -0.1) is 0 Å². The van der Waals surface area contributed by atoms with Crippen molar-refractivity contribution in [3.63, 3.8) is 0 Å². The molecule has 25 heavy (non-hydrogen) atoms. The summed E-state index contributed by atoms with van der Waals surface area (Å²) >= 11 is 0. The van der Waals surface area contributed by atoms with E-state index in [1.165, 1.54) is 12.6 Å². The predicted molar refractivity (Wildman–Crippen MR) is 89.9 cm³/mol. The Bertz CT molecular complexity index is 762. The summed E-state index contributed by atoms with van der Waals surface area (Å²) in [4.78, 5) is 24.5. The number of rotatable bonds is 3. The van der Waals surface area contributed by atoms with Crippen LogP contribution in [-0.4, -0.2) is 56.7 Å². The first-order chi connectivity index (χ1) is 12.1. The zero-order valence-corrected chi connectivity index (χ0v) is 14.2. The Labute approximate surface area is 145 Å². The highest BCUT2D eigenvalue weighted by Crippen LogP contribution is 2.37. The zero-order chi connectivity index (χ0) is 17.4. The Morgan fingerprint density at radius 1 is 1.16 bits per heavy atom. The number of halogens is 1. The lowest BCUT2D eigenvalue weighted by Gasteiger charge is -2.35. The van der Waals surface area contributed by atoms with Crippen molar-refractivity contribution in [1.29, 1.82) is 0 Å². The first-order valence-electron chi connectivity index (χ1n) is 8.67. The van der Waals surface area contributed by atoms with E-state index in [0.29, 0.717) is 37.9 Å². The van der Waals surface area contributed by atoms with Gasteiger partial charge in [-0.3, -0.25) is 9.48 Å². The fourth-order valence-electron chi connectivity index (χ4n) is 3.43. The van der Waals surface area contributed by atoms with E-state index < -0.39 is 5.95 Å². The molecule has 1 aliphatic heterocycles. The van der Waals surface area contributed by atoms with Crippen LogP contribution in [-0.2, 0) is 7.05 Å². The quantitative estimate of drug-likeness (QED) is 0.846. The van der Waals surface area contributed by atoms with Gasteiger partial charge in [-0.2, -0.15) is 9.49 Å². The molecule has 0 aromatic carbocycles. The van der Waals surface area contributed by atoms with Gasteiger partial charge in [0.15, 0.2) is 0 Å². The van der Waals surface area contributed by atoms with E-state index >= 15 is 0 Å². The SMILES string of the molecule is Cn1cc(C(=O)N2CCN(c3cnc(F)cn3)CC2)c(C2CCC2)n1. The molecule has 1 aliphatic carbocycles. The van der Waals surface area contributed by atoms with Gasteiger partial charge < -0.3 is 9.80 Å². The summed E-state index contributed by atoms with van der Waals surface area (Å²) in [6, 6.07) is 0. The molecule has 1 saturated heterocycles. The first-order valence-corrected chi connectivity index (χ1v) is 8.67. The monoisotopic (exact) mass is 344 g/mol. The van der Waals surface area contributed by atoms with Crippen molar-refractivity contribution < 1.29 is 9.18 Å². The van der Waals surface area contributed by atoms with Gasteiger partial charge in [0.2, 0.25) is 5.95 Å². The molecule has 2 aromatic heterocycles. The van der Waals surface area contributed by atoms with Gasteiger partial charge >= 0.3 is 0 Å². The molecule has 2 aliphatic rings. The van der Waals surface area contributed by atoms with E-state index in [9.17, 15) is 9.18 Å². The Balaban J connectivity index is 1.44. The Hall–Kier alpha value is -2.51. The van der Waals surface area contributed by atoms with Crippen LogP contribution in [0.2, 0.25) is 0 Å². The minimum absolute atomic E-state index is 0.0554. The average molecular weight is 344 g/mol. The van der Waals surface area contributed by atoms with Gasteiger partial charge in [0.05, 0.1) is 23.7 Å². The summed E-state index contributed by atoms with van der Waals surface area (Å²) < 4.78 is 14.6. The van der Waals surface area contributed by atoms with E-state index in [1.54, 1.807) is 4.68 Å². The minimum Gasteiger partial charge on any atom is -0.352 e. The number of aromatic nitrogens is 4. The Morgan fingerprint density at radius 2 is 1.92 bits per heavy atom. The summed E-state index contributed by atoms with van der Waals surface area (Å²) in [6.07, 6.45) is 7.85. The number of aryl methyl sites for hydroxylation is 1. The number of carbonyl (C=O) groups is 1. The summed E-state index contributed by atoms with van der Waals surface area (Å²) in [5, 5.41) is 4.52. The molecule has 0 unspecified atom stereocenters. The summed E-state index contributed by atoms with van der Waals surface area (Å²) in [7, 11) is 1.87. The van der Waals surface area contributed by atoms with Crippen LogP contribution in [0.5, 0.6) is 0 Å². The van der Waals surface area contributed by atoms with E-state index in [2.05, 4.69) is 15.1 Å². The first kappa shape index (κ1) is 16.0. The predicted octanol–water partition coefficient (Wildman–Crippen LogP) is 1.58. The lowest BCUT2D eigenvalue weighted by atomic mass is 9.81. The molecule has 2 aromatic rings. The second-order valence-electron chi connectivity index (χ2n) is 6.71. The lowest BCUT2D eigenvalue weighted by Crippen LogP contribution is -2.49. The largest absolute Gasteiger partial charge is 0.352 e. The number of nitrogens with zero attached hydrogens (tertiary/aromatic N) is 6. The molecule has 8 heteroatoms. The van der Waals surface area contributed by atoms with E-state index in [-0.39, 0.29) is 5.91 Å². The van der Waals surface area contributed by atoms with Crippen molar-refractivity contribution in [3.8, 4) is 0 Å². The van der Waals surface area contributed by atoms with Gasteiger partial charge in [0.25, 0.3) is 5.91 Å². The number of amides is 1. The van der Waals surface area contributed by atoms with Crippen molar-refractivity contribution in [3.05, 3.63) is 35.8 Å². The molecule has 132 valence electrons. The van der Waals surface area contributed by atoms with Crippen LogP contribution in [0.25, 0.3) is 0 Å². The topological polar surface area (TPSA) is 67.2 Å².